The van der Waals surface area contributed by atoms with Gasteiger partial charge in [-0.25, -0.2) is 14.2 Å². The molecule has 4 bridgehead atoms. The predicted molar refractivity (Wildman–Crippen MR) is 234 cm³/mol. The van der Waals surface area contributed by atoms with Gasteiger partial charge in [0.1, 0.15) is 35.3 Å². The van der Waals surface area contributed by atoms with Crippen LogP contribution in [-0.2, 0) is 40.1 Å². The third kappa shape index (κ3) is 10.3. The summed E-state index contributed by atoms with van der Waals surface area (Å²) in [5.41, 5.74) is 8.96. The number of ether oxygens (including phenoxy) is 1. The van der Waals surface area contributed by atoms with Crippen LogP contribution in [0.2, 0.25) is 0 Å². The first-order valence-corrected chi connectivity index (χ1v) is 22.2. The topological polar surface area (TPSA) is 215 Å². The van der Waals surface area contributed by atoms with Crippen LogP contribution in [0.3, 0.4) is 0 Å². The molecule has 4 fully saturated rings. The van der Waals surface area contributed by atoms with E-state index in [0.717, 1.165) is 45.5 Å². The summed E-state index contributed by atoms with van der Waals surface area (Å²) in [6.45, 7) is 9.27. The predicted octanol–water partition coefficient (Wildman–Crippen LogP) is 7.05. The molecule has 3 atom stereocenters. The van der Waals surface area contributed by atoms with E-state index in [1.165, 1.54) is 50.7 Å². The van der Waals surface area contributed by atoms with E-state index in [1.54, 1.807) is 62.1 Å². The van der Waals surface area contributed by atoms with Crippen LogP contribution in [0.5, 0.6) is 5.75 Å². The van der Waals surface area contributed by atoms with Gasteiger partial charge >= 0.3 is 6.09 Å². The van der Waals surface area contributed by atoms with Gasteiger partial charge in [0.15, 0.2) is 11.8 Å². The lowest BCUT2D eigenvalue weighted by atomic mass is 9.49. The van der Waals surface area contributed by atoms with Crippen molar-refractivity contribution in [3.63, 3.8) is 0 Å². The van der Waals surface area contributed by atoms with Crippen LogP contribution >= 0.6 is 0 Å². The molecule has 9 rings (SSSR count). The number of aromatic hydroxyl groups is 1. The van der Waals surface area contributed by atoms with Gasteiger partial charge in [-0.1, -0.05) is 5.16 Å². The summed E-state index contributed by atoms with van der Waals surface area (Å²) in [6.07, 6.45) is 13.3. The molecule has 0 aliphatic heterocycles. The van der Waals surface area contributed by atoms with Crippen LogP contribution in [0.1, 0.15) is 112 Å². The molecule has 16 heteroatoms. The third-order valence-corrected chi connectivity index (χ3v) is 13.3. The van der Waals surface area contributed by atoms with Gasteiger partial charge in [-0.2, -0.15) is 4.98 Å². The highest BCUT2D eigenvalue weighted by atomic mass is 19.1. The number of fused-ring (bicyclic) bond motifs is 1. The van der Waals surface area contributed by atoms with Gasteiger partial charge in [-0.15, -0.1) is 0 Å². The summed E-state index contributed by atoms with van der Waals surface area (Å²) in [6, 6.07) is 4.58. The number of aromatic nitrogens is 5. The van der Waals surface area contributed by atoms with E-state index in [1.807, 2.05) is 13.8 Å². The number of carbonyl (C=O) groups excluding carboxylic acids is 3. The average Bonchev–Trinajstić information content (AvgIpc) is 3.93. The van der Waals surface area contributed by atoms with Crippen LogP contribution in [0.15, 0.2) is 53.4 Å². The first kappa shape index (κ1) is 43.7. The van der Waals surface area contributed by atoms with Crippen LogP contribution in [0.4, 0.5) is 15.1 Å². The van der Waals surface area contributed by atoms with Crippen molar-refractivity contribution in [3.8, 4) is 5.75 Å². The Labute approximate surface area is 366 Å². The Balaban J connectivity index is 1.08. The number of amides is 3. The Bertz CT molecular complexity index is 2410. The van der Waals surface area contributed by atoms with E-state index in [4.69, 9.17) is 20.0 Å². The minimum absolute atomic E-state index is 0.0480. The van der Waals surface area contributed by atoms with E-state index in [9.17, 15) is 23.9 Å². The van der Waals surface area contributed by atoms with Crippen molar-refractivity contribution in [2.45, 2.75) is 136 Å². The number of carbonyl (C=O) groups is 3. The number of benzene rings is 2. The fourth-order valence-electron chi connectivity index (χ4n) is 11.0. The Hall–Kier alpha value is -5.93. The first-order valence-electron chi connectivity index (χ1n) is 22.2. The SMILES string of the molecule is Cc1cc(O)cc(C)c1C[C@H](NC(=O)[C@@H](CCCn1ccnc1N)NC(=O)OC(C)(C)C)C(=O)N[C@@H](Cc1c[nH]c2ccc(F)cc12)c1nc(CC23CC4CC(CC(C4)C2)C3)no1. The Morgan fingerprint density at radius 1 is 1.00 bits per heavy atom. The number of H-pyrrole nitrogens is 1. The molecular weight excluding hydrogens is 806 g/mol. The van der Waals surface area contributed by atoms with Crippen molar-refractivity contribution in [1.82, 2.24) is 40.6 Å². The molecule has 2 aromatic carbocycles. The highest BCUT2D eigenvalue weighted by Gasteiger charge is 2.51. The lowest BCUT2D eigenvalue weighted by Crippen LogP contribution is -2.55. The number of nitrogens with two attached hydrogens (primary N) is 1. The maximum Gasteiger partial charge on any atom is 0.408 e. The van der Waals surface area contributed by atoms with Gasteiger partial charge in [0.05, 0.1) is 0 Å². The number of nitrogens with zero attached hydrogens (tertiary/aromatic N) is 4. The number of phenolic OH excluding ortho intramolecular Hbond substituents is 1. The van der Waals surface area contributed by atoms with Gasteiger partial charge < -0.3 is 45.6 Å². The average molecular weight is 866 g/mol. The highest BCUT2D eigenvalue weighted by Crippen LogP contribution is 2.61. The molecule has 15 nitrogen and oxygen atoms in total. The molecule has 0 saturated heterocycles. The first-order chi connectivity index (χ1) is 30.0. The highest BCUT2D eigenvalue weighted by molar-refractivity contribution is 5.92. The number of halogens is 1. The Morgan fingerprint density at radius 2 is 1.68 bits per heavy atom. The summed E-state index contributed by atoms with van der Waals surface area (Å²) in [5, 5.41) is 24.3. The molecule has 0 unspecified atom stereocenters. The zero-order valence-electron chi connectivity index (χ0n) is 36.8. The molecule has 7 N–H and O–H groups in total. The number of hydrogen-bond donors (Lipinski definition) is 6. The zero-order valence-corrected chi connectivity index (χ0v) is 36.8. The zero-order chi connectivity index (χ0) is 44.6. The van der Waals surface area contributed by atoms with Crippen molar-refractivity contribution in [1.29, 1.82) is 0 Å². The maximum atomic E-state index is 14.9. The number of anilines is 1. The minimum Gasteiger partial charge on any atom is -0.508 e. The molecule has 4 aliphatic carbocycles. The monoisotopic (exact) mass is 865 g/mol. The van der Waals surface area contributed by atoms with Gasteiger partial charge in [0.2, 0.25) is 17.7 Å². The number of alkyl carbamates (subject to hydrolysis) is 1. The van der Waals surface area contributed by atoms with Crippen LogP contribution < -0.4 is 21.7 Å². The summed E-state index contributed by atoms with van der Waals surface area (Å²) >= 11 is 0. The van der Waals surface area contributed by atoms with Gasteiger partial charge in [-0.3, -0.25) is 9.59 Å². The molecule has 3 amide bonds. The van der Waals surface area contributed by atoms with E-state index >= 15 is 0 Å². The quantitative estimate of drug-likeness (QED) is 0.0594. The lowest BCUT2D eigenvalue weighted by molar-refractivity contribution is -0.130. The third-order valence-electron chi connectivity index (χ3n) is 13.3. The molecule has 5 aromatic rings. The summed E-state index contributed by atoms with van der Waals surface area (Å²) in [4.78, 5) is 54.6. The van der Waals surface area contributed by atoms with Crippen molar-refractivity contribution in [2.24, 2.45) is 23.2 Å². The normalized spacial score (nSPS) is 21.8. The second-order valence-electron chi connectivity index (χ2n) is 19.6. The second kappa shape index (κ2) is 17.7. The van der Waals surface area contributed by atoms with Gasteiger partial charge in [0, 0.05) is 55.3 Å². The maximum absolute atomic E-state index is 14.9. The molecule has 336 valence electrons. The standard InChI is InChI=1S/C47H60FN9O6/c1-26-13-33(58)14-27(2)34(26)20-38(52-41(59)37(54-45(61)62-46(3,4)5)7-6-11-57-12-10-50-44(57)49)42(60)53-39(18-31-25-51-36-9-8-32(48)19-35(31)36)43-55-40(56-63-43)24-47-21-28-15-29(22-47)17-30(16-28)23-47/h8-10,12-14,19,25,28-30,37-39,51,58H,6-7,11,15-18,20-24H2,1-5H3,(H2,49,50)(H,52,59)(H,53,60)(H,54,61)/t28?,29?,30?,37-,38+,39+,47?/m1/s1. The molecule has 4 saturated carbocycles. The molecule has 4 aliphatic rings. The molecule has 63 heavy (non-hydrogen) atoms. The molecule has 3 heterocycles. The van der Waals surface area contributed by atoms with Crippen molar-refractivity contribution >= 4 is 34.8 Å². The fraction of sp³-hybridized carbons (Fsp3) is 0.532. The van der Waals surface area contributed by atoms with E-state index < -0.39 is 47.5 Å². The summed E-state index contributed by atoms with van der Waals surface area (Å²) in [7, 11) is 0. The number of nitrogen functional groups attached to an aromatic ring is 1. The van der Waals surface area contributed by atoms with Crippen molar-refractivity contribution in [3.05, 3.63) is 88.7 Å². The van der Waals surface area contributed by atoms with E-state index in [2.05, 4.69) is 31.1 Å². The van der Waals surface area contributed by atoms with Crippen LogP contribution in [0, 0.1) is 42.8 Å². The smallest absolute Gasteiger partial charge is 0.408 e. The molecule has 0 spiro atoms. The number of nitrogens with one attached hydrogen (secondary N) is 4. The van der Waals surface area contributed by atoms with Gasteiger partial charge in [-0.05, 0) is 162 Å². The summed E-state index contributed by atoms with van der Waals surface area (Å²) in [5.74, 6) is 1.91. The fourth-order valence-corrected chi connectivity index (χ4v) is 11.0. The number of imidazole rings is 1. The number of aromatic amines is 1. The van der Waals surface area contributed by atoms with Crippen molar-refractivity contribution in [2.75, 3.05) is 5.73 Å². The molecule has 0 radical (unpaired) electrons. The number of hydrogen-bond acceptors (Lipinski definition) is 10. The number of rotatable bonds is 16. The number of aryl methyl sites for hydroxylation is 3. The molecular formula is C47H60FN9O6. The Morgan fingerprint density at radius 3 is 2.33 bits per heavy atom. The molecule has 3 aromatic heterocycles. The van der Waals surface area contributed by atoms with E-state index in [0.29, 0.717) is 36.5 Å². The number of phenols is 1. The van der Waals surface area contributed by atoms with Crippen LogP contribution in [-0.4, -0.2) is 65.4 Å². The van der Waals surface area contributed by atoms with E-state index in [-0.39, 0.29) is 36.3 Å². The lowest BCUT2D eigenvalue weighted by Gasteiger charge is -2.56. The largest absolute Gasteiger partial charge is 0.508 e. The minimum atomic E-state index is -1.18. The summed E-state index contributed by atoms with van der Waals surface area (Å²) < 4.78 is 27.9. The van der Waals surface area contributed by atoms with Gasteiger partial charge in [0.25, 0.3) is 0 Å². The van der Waals surface area contributed by atoms with Crippen LogP contribution in [0.25, 0.3) is 10.9 Å². The second-order valence-corrected chi connectivity index (χ2v) is 19.6. The Kier molecular flexibility index (Phi) is 12.3. The van der Waals surface area contributed by atoms with Crippen molar-refractivity contribution < 1.29 is 33.1 Å².